The fourth-order valence-electron chi connectivity index (χ4n) is 5.83. The number of benzene rings is 1. The summed E-state index contributed by atoms with van der Waals surface area (Å²) in [7, 11) is 1.30. The molecule has 1 aromatic carbocycles. The second-order valence-electron chi connectivity index (χ2n) is 8.36. The number of amides is 2. The van der Waals surface area contributed by atoms with Crippen LogP contribution in [0.2, 0.25) is 10.0 Å². The first kappa shape index (κ1) is 19.9. The number of halogens is 2. The molecule has 0 aliphatic carbocycles. The van der Waals surface area contributed by atoms with E-state index in [-0.39, 0.29) is 33.5 Å². The Labute approximate surface area is 182 Å². The number of nitriles is 1. The lowest BCUT2D eigenvalue weighted by Crippen LogP contribution is -2.57. The van der Waals surface area contributed by atoms with E-state index in [1.54, 1.807) is 17.0 Å². The SMILES string of the molecule is COC(=O)N[C@H]1C[C@@]23CCO[C@H]4[C@@H]2[C@H](C(=O)N4c2cc(Cl)c(C#N)c(Cl)c2)[C@]1(C)O3. The molecule has 5 rings (SSSR count). The Morgan fingerprint density at radius 2 is 2.10 bits per heavy atom. The van der Waals surface area contributed by atoms with Gasteiger partial charge in [0.1, 0.15) is 12.3 Å². The molecule has 0 aromatic heterocycles. The number of carbonyl (C=O) groups excluding carboxylic acids is 2. The van der Waals surface area contributed by atoms with Gasteiger partial charge >= 0.3 is 6.09 Å². The second kappa shape index (κ2) is 6.47. The topological polar surface area (TPSA) is 101 Å². The van der Waals surface area contributed by atoms with Gasteiger partial charge in [-0.2, -0.15) is 5.26 Å². The van der Waals surface area contributed by atoms with Crippen molar-refractivity contribution in [3.63, 3.8) is 0 Å². The third-order valence-electron chi connectivity index (χ3n) is 7.02. The molecule has 8 nitrogen and oxygen atoms in total. The number of rotatable bonds is 2. The largest absolute Gasteiger partial charge is 0.453 e. The van der Waals surface area contributed by atoms with E-state index in [1.807, 2.05) is 13.0 Å². The molecule has 6 atom stereocenters. The molecular weight excluding hydrogens is 433 g/mol. The molecular formula is C20H19Cl2N3O5. The summed E-state index contributed by atoms with van der Waals surface area (Å²) in [4.78, 5) is 27.1. The highest BCUT2D eigenvalue weighted by molar-refractivity contribution is 6.37. The van der Waals surface area contributed by atoms with Gasteiger partial charge in [-0.3, -0.25) is 9.69 Å². The van der Waals surface area contributed by atoms with E-state index in [0.717, 1.165) is 0 Å². The van der Waals surface area contributed by atoms with Crippen LogP contribution < -0.4 is 10.2 Å². The van der Waals surface area contributed by atoms with Crippen LogP contribution >= 0.6 is 23.2 Å². The summed E-state index contributed by atoms with van der Waals surface area (Å²) in [6.07, 6.45) is 0.129. The van der Waals surface area contributed by atoms with Gasteiger partial charge < -0.3 is 19.5 Å². The summed E-state index contributed by atoms with van der Waals surface area (Å²) in [5.74, 6) is -0.871. The van der Waals surface area contributed by atoms with Crippen molar-refractivity contribution in [1.82, 2.24) is 5.32 Å². The van der Waals surface area contributed by atoms with Crippen molar-refractivity contribution in [2.75, 3.05) is 18.6 Å². The zero-order chi connectivity index (χ0) is 21.4. The molecule has 1 N–H and O–H groups in total. The van der Waals surface area contributed by atoms with Crippen LogP contribution in [-0.4, -0.2) is 49.2 Å². The third-order valence-corrected chi connectivity index (χ3v) is 7.62. The first-order valence-electron chi connectivity index (χ1n) is 9.64. The smallest absolute Gasteiger partial charge is 0.407 e. The zero-order valence-corrected chi connectivity index (χ0v) is 17.8. The van der Waals surface area contributed by atoms with Crippen LogP contribution in [0.1, 0.15) is 25.3 Å². The van der Waals surface area contributed by atoms with E-state index >= 15 is 0 Å². The molecule has 158 valence electrons. The lowest BCUT2D eigenvalue weighted by Gasteiger charge is -2.42. The van der Waals surface area contributed by atoms with E-state index in [4.69, 9.17) is 37.4 Å². The Kier molecular flexibility index (Phi) is 4.29. The molecule has 4 saturated heterocycles. The van der Waals surface area contributed by atoms with Crippen molar-refractivity contribution in [1.29, 1.82) is 5.26 Å². The standard InChI is InChI=1S/C20H19Cl2N3O5/c1-19-13(24-18(27)28-2)7-20(30-19)3-4-29-17-15(20)14(19)16(26)25(17)9-5-11(21)10(8-23)12(22)6-9/h5-6,13-15,17H,3-4,7H2,1-2H3,(H,24,27)/t13-,14+,15-,17-,19+,20-/m0/s1. The lowest BCUT2D eigenvalue weighted by molar-refractivity contribution is -0.139. The van der Waals surface area contributed by atoms with Crippen molar-refractivity contribution >= 4 is 40.9 Å². The van der Waals surface area contributed by atoms with Crippen LogP contribution in [0.15, 0.2) is 12.1 Å². The van der Waals surface area contributed by atoms with Gasteiger partial charge in [0.25, 0.3) is 0 Å². The van der Waals surface area contributed by atoms with Crippen LogP contribution in [0, 0.1) is 23.2 Å². The van der Waals surface area contributed by atoms with E-state index in [1.165, 1.54) is 7.11 Å². The van der Waals surface area contributed by atoms with E-state index in [2.05, 4.69) is 5.32 Å². The minimum atomic E-state index is -0.892. The van der Waals surface area contributed by atoms with Crippen molar-refractivity contribution in [2.45, 2.75) is 43.2 Å². The average Bonchev–Trinajstić information content (AvgIpc) is 3.25. The molecule has 4 aliphatic rings. The molecule has 4 aliphatic heterocycles. The summed E-state index contributed by atoms with van der Waals surface area (Å²) in [5, 5.41) is 12.4. The van der Waals surface area contributed by atoms with Gasteiger partial charge in [-0.05, 0) is 19.1 Å². The molecule has 4 fully saturated rings. The van der Waals surface area contributed by atoms with Crippen molar-refractivity contribution < 1.29 is 23.8 Å². The minimum Gasteiger partial charge on any atom is -0.453 e. The number of ether oxygens (including phenoxy) is 3. The van der Waals surface area contributed by atoms with Crippen LogP contribution in [0.5, 0.6) is 0 Å². The number of methoxy groups -OCH3 is 1. The molecule has 30 heavy (non-hydrogen) atoms. The minimum absolute atomic E-state index is 0.160. The Bertz CT molecular complexity index is 990. The van der Waals surface area contributed by atoms with Crippen LogP contribution in [0.25, 0.3) is 0 Å². The van der Waals surface area contributed by atoms with E-state index < -0.39 is 29.4 Å². The maximum atomic E-state index is 13.7. The summed E-state index contributed by atoms with van der Waals surface area (Å²) < 4.78 is 17.3. The number of hydrogen-bond donors (Lipinski definition) is 1. The van der Waals surface area contributed by atoms with Gasteiger partial charge in [-0.1, -0.05) is 23.2 Å². The van der Waals surface area contributed by atoms with Gasteiger partial charge in [0.05, 0.1) is 52.5 Å². The first-order valence-corrected chi connectivity index (χ1v) is 10.4. The molecule has 2 amide bonds. The molecule has 10 heteroatoms. The number of fused-ring (bicyclic) bond motifs is 2. The quantitative estimate of drug-likeness (QED) is 0.741. The number of hydrogen-bond acceptors (Lipinski definition) is 6. The summed E-state index contributed by atoms with van der Waals surface area (Å²) in [6.45, 7) is 2.28. The van der Waals surface area contributed by atoms with Gasteiger partial charge in [0.15, 0.2) is 0 Å². The Balaban J connectivity index is 1.57. The Morgan fingerprint density at radius 1 is 1.40 bits per heavy atom. The average molecular weight is 452 g/mol. The third kappa shape index (κ3) is 2.41. The maximum absolute atomic E-state index is 13.7. The lowest BCUT2D eigenvalue weighted by atomic mass is 9.64. The monoisotopic (exact) mass is 451 g/mol. The fraction of sp³-hybridized carbons (Fsp3) is 0.550. The van der Waals surface area contributed by atoms with Gasteiger partial charge in [0.2, 0.25) is 5.91 Å². The summed E-state index contributed by atoms with van der Waals surface area (Å²) >= 11 is 12.5. The van der Waals surface area contributed by atoms with Crippen LogP contribution in [-0.2, 0) is 19.0 Å². The number of anilines is 1. The highest BCUT2D eigenvalue weighted by Gasteiger charge is 2.78. The predicted molar refractivity (Wildman–Crippen MR) is 106 cm³/mol. The first-order chi connectivity index (χ1) is 14.3. The summed E-state index contributed by atoms with van der Waals surface area (Å²) in [6, 6.07) is 4.73. The van der Waals surface area contributed by atoms with Crippen molar-refractivity contribution in [2.24, 2.45) is 11.8 Å². The molecule has 0 unspecified atom stereocenters. The molecule has 2 bridgehead atoms. The molecule has 4 heterocycles. The van der Waals surface area contributed by atoms with Crippen molar-refractivity contribution in [3.8, 4) is 6.07 Å². The number of carbonyl (C=O) groups is 2. The molecule has 0 radical (unpaired) electrons. The van der Waals surface area contributed by atoms with E-state index in [0.29, 0.717) is 25.1 Å². The number of nitrogens with one attached hydrogen (secondary N) is 1. The predicted octanol–water partition coefficient (Wildman–Crippen LogP) is 2.85. The molecule has 1 aromatic rings. The van der Waals surface area contributed by atoms with Gasteiger partial charge in [-0.15, -0.1) is 0 Å². The van der Waals surface area contributed by atoms with E-state index in [9.17, 15) is 14.9 Å². The second-order valence-corrected chi connectivity index (χ2v) is 9.18. The highest BCUT2D eigenvalue weighted by atomic mass is 35.5. The number of alkyl carbamates (subject to hydrolysis) is 1. The highest BCUT2D eigenvalue weighted by Crippen LogP contribution is 2.65. The van der Waals surface area contributed by atoms with Gasteiger partial charge in [0, 0.05) is 24.4 Å². The maximum Gasteiger partial charge on any atom is 0.407 e. The molecule has 1 spiro atoms. The van der Waals surface area contributed by atoms with Crippen LogP contribution in [0.4, 0.5) is 10.5 Å². The zero-order valence-electron chi connectivity index (χ0n) is 16.3. The van der Waals surface area contributed by atoms with Crippen molar-refractivity contribution in [3.05, 3.63) is 27.7 Å². The van der Waals surface area contributed by atoms with Crippen LogP contribution in [0.3, 0.4) is 0 Å². The molecule has 0 saturated carbocycles. The van der Waals surface area contributed by atoms with Gasteiger partial charge in [-0.25, -0.2) is 4.79 Å². The fourth-order valence-corrected chi connectivity index (χ4v) is 6.39. The Hall–Kier alpha value is -2.05. The normalized spacial score (nSPS) is 38.4. The summed E-state index contributed by atoms with van der Waals surface area (Å²) in [5.41, 5.74) is -0.825. The Morgan fingerprint density at radius 3 is 2.73 bits per heavy atom. The number of nitrogens with zero attached hydrogens (tertiary/aromatic N) is 2.